The SMILES string of the molecule is CNC1CN(Cc2cccc3c2n(C)c(=O)n3C2CCC(=O)NC2=O)C1. The number of para-hydroxylation sites is 1. The highest BCUT2D eigenvalue weighted by molar-refractivity contribution is 6.00. The predicted octanol–water partition coefficient (Wildman–Crippen LogP) is -0.279. The number of piperidine rings is 1. The third-order valence-corrected chi connectivity index (χ3v) is 5.47. The number of rotatable bonds is 4. The lowest BCUT2D eigenvalue weighted by Gasteiger charge is -2.39. The van der Waals surface area contributed by atoms with Crippen LogP contribution in [0.15, 0.2) is 23.0 Å². The minimum Gasteiger partial charge on any atom is -0.315 e. The van der Waals surface area contributed by atoms with Crippen molar-refractivity contribution in [1.82, 2.24) is 24.7 Å². The van der Waals surface area contributed by atoms with Crippen molar-refractivity contribution in [3.8, 4) is 0 Å². The molecular formula is C18H23N5O3. The number of carbonyl (C=O) groups excluding carboxylic acids is 2. The van der Waals surface area contributed by atoms with Crippen LogP contribution in [0.25, 0.3) is 11.0 Å². The summed E-state index contributed by atoms with van der Waals surface area (Å²) in [5.74, 6) is -0.682. The summed E-state index contributed by atoms with van der Waals surface area (Å²) in [5, 5.41) is 5.60. The minimum absolute atomic E-state index is 0.223. The summed E-state index contributed by atoms with van der Waals surface area (Å²) in [5.41, 5.74) is 2.45. The lowest BCUT2D eigenvalue weighted by molar-refractivity contribution is -0.135. The number of imide groups is 1. The van der Waals surface area contributed by atoms with E-state index in [1.807, 2.05) is 25.2 Å². The molecule has 2 aliphatic rings. The zero-order chi connectivity index (χ0) is 18.4. The first kappa shape index (κ1) is 17.0. The number of imidazole rings is 1. The number of aryl methyl sites for hydroxylation is 1. The summed E-state index contributed by atoms with van der Waals surface area (Å²) in [6.45, 7) is 2.73. The predicted molar refractivity (Wildman–Crippen MR) is 96.7 cm³/mol. The number of aromatic nitrogens is 2. The Balaban J connectivity index is 1.73. The molecule has 8 nitrogen and oxygen atoms in total. The maximum Gasteiger partial charge on any atom is 0.329 e. The van der Waals surface area contributed by atoms with Crippen LogP contribution >= 0.6 is 0 Å². The number of benzene rings is 1. The normalized spacial score (nSPS) is 21.8. The van der Waals surface area contributed by atoms with Crippen LogP contribution in [0.4, 0.5) is 0 Å². The van der Waals surface area contributed by atoms with E-state index in [4.69, 9.17) is 0 Å². The number of amides is 2. The Labute approximate surface area is 150 Å². The number of nitrogens with zero attached hydrogens (tertiary/aromatic N) is 3. The first-order chi connectivity index (χ1) is 12.5. The van der Waals surface area contributed by atoms with Gasteiger partial charge < -0.3 is 5.32 Å². The average Bonchev–Trinajstić information content (AvgIpc) is 2.83. The van der Waals surface area contributed by atoms with Crippen molar-refractivity contribution >= 4 is 22.8 Å². The molecule has 2 aromatic rings. The number of fused-ring (bicyclic) bond motifs is 1. The second kappa shape index (κ2) is 6.37. The molecule has 8 heteroatoms. The van der Waals surface area contributed by atoms with Gasteiger partial charge in [0, 0.05) is 39.1 Å². The van der Waals surface area contributed by atoms with Crippen molar-refractivity contribution in [1.29, 1.82) is 0 Å². The highest BCUT2D eigenvalue weighted by Crippen LogP contribution is 2.26. The third-order valence-electron chi connectivity index (χ3n) is 5.47. The van der Waals surface area contributed by atoms with E-state index in [0.717, 1.165) is 36.2 Å². The molecule has 4 rings (SSSR count). The van der Waals surface area contributed by atoms with Gasteiger partial charge in [-0.1, -0.05) is 12.1 Å². The molecule has 138 valence electrons. The Bertz CT molecular complexity index is 938. The number of hydrogen-bond donors (Lipinski definition) is 2. The summed E-state index contributed by atoms with van der Waals surface area (Å²) in [7, 11) is 3.70. The highest BCUT2D eigenvalue weighted by atomic mass is 16.2. The molecule has 1 atom stereocenters. The first-order valence-corrected chi connectivity index (χ1v) is 8.91. The summed E-state index contributed by atoms with van der Waals surface area (Å²) in [4.78, 5) is 38.9. The van der Waals surface area contributed by atoms with Gasteiger partial charge in [0.2, 0.25) is 11.8 Å². The van der Waals surface area contributed by atoms with Crippen molar-refractivity contribution in [2.24, 2.45) is 7.05 Å². The number of carbonyl (C=O) groups is 2. The minimum atomic E-state index is -0.642. The van der Waals surface area contributed by atoms with Gasteiger partial charge in [0.05, 0.1) is 11.0 Å². The lowest BCUT2D eigenvalue weighted by Crippen LogP contribution is -2.56. The van der Waals surface area contributed by atoms with Crippen molar-refractivity contribution < 1.29 is 9.59 Å². The van der Waals surface area contributed by atoms with Crippen LogP contribution < -0.4 is 16.3 Å². The van der Waals surface area contributed by atoms with Crippen LogP contribution in [0.3, 0.4) is 0 Å². The largest absolute Gasteiger partial charge is 0.329 e. The van der Waals surface area contributed by atoms with Crippen LogP contribution in [0.1, 0.15) is 24.4 Å². The quantitative estimate of drug-likeness (QED) is 0.735. The van der Waals surface area contributed by atoms with E-state index in [1.165, 1.54) is 4.57 Å². The molecule has 1 unspecified atom stereocenters. The number of likely N-dealkylation sites (N-methyl/N-ethyl adjacent to an activating group) is 1. The Morgan fingerprint density at radius 1 is 1.23 bits per heavy atom. The van der Waals surface area contributed by atoms with E-state index in [1.54, 1.807) is 11.6 Å². The van der Waals surface area contributed by atoms with Gasteiger partial charge in [-0.25, -0.2) is 4.79 Å². The molecule has 1 aromatic carbocycles. The molecule has 0 aliphatic carbocycles. The summed E-state index contributed by atoms with van der Waals surface area (Å²) < 4.78 is 3.15. The molecule has 2 amide bonds. The fraction of sp³-hybridized carbons (Fsp3) is 0.500. The number of hydrogen-bond acceptors (Lipinski definition) is 5. The molecule has 0 saturated carbocycles. The second-order valence-electron chi connectivity index (χ2n) is 7.14. The molecule has 2 N–H and O–H groups in total. The summed E-state index contributed by atoms with van der Waals surface area (Å²) >= 11 is 0. The van der Waals surface area contributed by atoms with E-state index in [-0.39, 0.29) is 18.0 Å². The molecule has 2 fully saturated rings. The zero-order valence-electron chi connectivity index (χ0n) is 15.0. The van der Waals surface area contributed by atoms with Gasteiger partial charge in [0.15, 0.2) is 0 Å². The Morgan fingerprint density at radius 2 is 2.00 bits per heavy atom. The van der Waals surface area contributed by atoms with Crippen molar-refractivity contribution in [2.75, 3.05) is 20.1 Å². The van der Waals surface area contributed by atoms with E-state index >= 15 is 0 Å². The van der Waals surface area contributed by atoms with E-state index in [0.29, 0.717) is 12.5 Å². The topological polar surface area (TPSA) is 88.4 Å². The van der Waals surface area contributed by atoms with E-state index in [9.17, 15) is 14.4 Å². The smallest absolute Gasteiger partial charge is 0.315 e. The molecule has 26 heavy (non-hydrogen) atoms. The van der Waals surface area contributed by atoms with Crippen LogP contribution in [0.5, 0.6) is 0 Å². The molecular weight excluding hydrogens is 334 g/mol. The van der Waals surface area contributed by atoms with Gasteiger partial charge in [-0.2, -0.15) is 0 Å². The molecule has 2 aliphatic heterocycles. The fourth-order valence-electron chi connectivity index (χ4n) is 4.00. The van der Waals surface area contributed by atoms with Gasteiger partial charge in [0.1, 0.15) is 6.04 Å². The fourth-order valence-corrected chi connectivity index (χ4v) is 4.00. The molecule has 2 saturated heterocycles. The van der Waals surface area contributed by atoms with Gasteiger partial charge in [-0.15, -0.1) is 0 Å². The maximum absolute atomic E-state index is 12.9. The maximum atomic E-state index is 12.9. The molecule has 1 aromatic heterocycles. The van der Waals surface area contributed by atoms with Crippen molar-refractivity contribution in [3.05, 3.63) is 34.2 Å². The molecule has 0 radical (unpaired) electrons. The molecule has 0 spiro atoms. The zero-order valence-corrected chi connectivity index (χ0v) is 15.0. The summed E-state index contributed by atoms with van der Waals surface area (Å²) in [6, 6.07) is 5.71. The van der Waals surface area contributed by atoms with Crippen LogP contribution in [-0.2, 0) is 23.2 Å². The Morgan fingerprint density at radius 3 is 2.69 bits per heavy atom. The van der Waals surface area contributed by atoms with E-state index in [2.05, 4.69) is 15.5 Å². The first-order valence-electron chi connectivity index (χ1n) is 8.91. The Hall–Kier alpha value is -2.45. The highest BCUT2D eigenvalue weighted by Gasteiger charge is 2.32. The van der Waals surface area contributed by atoms with Gasteiger partial charge in [0.25, 0.3) is 0 Å². The Kier molecular flexibility index (Phi) is 4.16. The van der Waals surface area contributed by atoms with Crippen LogP contribution in [0, 0.1) is 0 Å². The summed E-state index contributed by atoms with van der Waals surface area (Å²) in [6.07, 6.45) is 0.599. The van der Waals surface area contributed by atoms with Crippen molar-refractivity contribution in [2.45, 2.75) is 31.5 Å². The van der Waals surface area contributed by atoms with Crippen LogP contribution in [0.2, 0.25) is 0 Å². The van der Waals surface area contributed by atoms with Crippen LogP contribution in [-0.4, -0.2) is 52.0 Å². The van der Waals surface area contributed by atoms with Gasteiger partial charge in [-0.3, -0.25) is 28.9 Å². The number of nitrogens with one attached hydrogen (secondary N) is 2. The number of likely N-dealkylation sites (tertiary alicyclic amines) is 1. The van der Waals surface area contributed by atoms with E-state index < -0.39 is 11.9 Å². The molecule has 0 bridgehead atoms. The standard InChI is InChI=1S/C18H23N5O3/c1-19-12-9-22(10-12)8-11-4-3-5-13-16(11)21(2)18(26)23(13)14-6-7-15(24)20-17(14)25/h3-5,12,14,19H,6-10H2,1-2H3,(H,20,24,25). The molecule has 3 heterocycles. The third kappa shape index (κ3) is 2.65. The lowest BCUT2D eigenvalue weighted by atomic mass is 10.0. The van der Waals surface area contributed by atoms with Gasteiger partial charge >= 0.3 is 5.69 Å². The average molecular weight is 357 g/mol. The second-order valence-corrected chi connectivity index (χ2v) is 7.14. The van der Waals surface area contributed by atoms with Gasteiger partial charge in [-0.05, 0) is 25.1 Å². The monoisotopic (exact) mass is 357 g/mol. The van der Waals surface area contributed by atoms with Crippen molar-refractivity contribution in [3.63, 3.8) is 0 Å².